The van der Waals surface area contributed by atoms with Crippen LogP contribution in [-0.2, 0) is 13.1 Å². The first-order valence-corrected chi connectivity index (χ1v) is 8.14. The van der Waals surface area contributed by atoms with Crippen LogP contribution >= 0.6 is 0 Å². The van der Waals surface area contributed by atoms with E-state index in [1.54, 1.807) is 6.07 Å². The van der Waals surface area contributed by atoms with Crippen LogP contribution in [0.25, 0.3) is 11.4 Å². The molecular weight excluding hydrogens is 276 g/mol. The summed E-state index contributed by atoms with van der Waals surface area (Å²) in [6, 6.07) is 7.80. The van der Waals surface area contributed by atoms with Crippen LogP contribution in [0.5, 0.6) is 0 Å². The number of pyridine rings is 1. The van der Waals surface area contributed by atoms with Gasteiger partial charge in [0.2, 0.25) is 5.56 Å². The van der Waals surface area contributed by atoms with Gasteiger partial charge in [-0.2, -0.15) is 5.10 Å². The summed E-state index contributed by atoms with van der Waals surface area (Å²) in [5, 5.41) is 4.64. The number of hydrogen-bond acceptors (Lipinski definition) is 3. The van der Waals surface area contributed by atoms with Crippen molar-refractivity contribution in [3.05, 3.63) is 40.3 Å². The number of nitrogens with one attached hydrogen (secondary N) is 1. The molecule has 120 valence electrons. The molecule has 0 atom stereocenters. The molecule has 0 fully saturated rings. The molecule has 1 aliphatic heterocycles. The van der Waals surface area contributed by atoms with E-state index in [9.17, 15) is 4.79 Å². The van der Waals surface area contributed by atoms with Gasteiger partial charge in [0, 0.05) is 31.7 Å². The van der Waals surface area contributed by atoms with Gasteiger partial charge in [-0.25, -0.2) is 0 Å². The predicted octanol–water partition coefficient (Wildman–Crippen LogP) is 2.88. The summed E-state index contributed by atoms with van der Waals surface area (Å²) in [4.78, 5) is 16.7. The second-order valence-corrected chi connectivity index (χ2v) is 5.59. The molecule has 0 unspecified atom stereocenters. The topological polar surface area (TPSA) is 53.9 Å². The quantitative estimate of drug-likeness (QED) is 0.928. The Morgan fingerprint density at radius 3 is 2.68 bits per heavy atom. The van der Waals surface area contributed by atoms with E-state index < -0.39 is 0 Å². The van der Waals surface area contributed by atoms with Crippen molar-refractivity contribution in [3.63, 3.8) is 0 Å². The van der Waals surface area contributed by atoms with Gasteiger partial charge in [0.05, 0.1) is 11.4 Å². The lowest BCUT2D eigenvalue weighted by molar-refractivity contribution is 0.216. The number of nitrogens with zero attached hydrogens (tertiary/aromatic N) is 3. The van der Waals surface area contributed by atoms with E-state index in [2.05, 4.69) is 39.6 Å². The van der Waals surface area contributed by atoms with E-state index in [0.29, 0.717) is 6.04 Å². The van der Waals surface area contributed by atoms with Gasteiger partial charge in [0.25, 0.3) is 0 Å². The Balaban J connectivity index is 0.000000847. The van der Waals surface area contributed by atoms with Crippen LogP contribution < -0.4 is 5.56 Å². The third kappa shape index (κ3) is 3.65. The molecule has 3 rings (SSSR count). The summed E-state index contributed by atoms with van der Waals surface area (Å²) < 4.78 is 2.07. The molecule has 0 saturated carbocycles. The molecule has 0 radical (unpaired) electrons. The second-order valence-electron chi connectivity index (χ2n) is 5.59. The summed E-state index contributed by atoms with van der Waals surface area (Å²) >= 11 is 0. The average Bonchev–Trinajstić information content (AvgIpc) is 2.81. The normalized spacial score (nSPS) is 15.0. The third-order valence-electron chi connectivity index (χ3n) is 3.82. The average molecular weight is 302 g/mol. The van der Waals surface area contributed by atoms with Gasteiger partial charge in [-0.05, 0) is 32.4 Å². The van der Waals surface area contributed by atoms with E-state index in [4.69, 9.17) is 0 Å². The van der Waals surface area contributed by atoms with Crippen molar-refractivity contribution in [2.24, 2.45) is 0 Å². The Kier molecular flexibility index (Phi) is 5.55. The lowest BCUT2D eigenvalue weighted by atomic mass is 10.2. The Bertz CT molecular complexity index is 657. The van der Waals surface area contributed by atoms with Crippen LogP contribution in [-0.4, -0.2) is 32.3 Å². The summed E-state index contributed by atoms with van der Waals surface area (Å²) in [5.74, 6) is 0. The summed E-state index contributed by atoms with van der Waals surface area (Å²) in [6.07, 6.45) is 1.11. The zero-order valence-corrected chi connectivity index (χ0v) is 14.0. The van der Waals surface area contributed by atoms with E-state index in [1.807, 2.05) is 19.9 Å². The Morgan fingerprint density at radius 2 is 2.00 bits per heavy atom. The highest BCUT2D eigenvalue weighted by Gasteiger charge is 2.18. The number of aromatic amines is 1. The Labute approximate surface area is 132 Å². The number of H-pyrrole nitrogens is 1. The molecule has 0 aliphatic carbocycles. The fourth-order valence-electron chi connectivity index (χ4n) is 2.66. The minimum Gasteiger partial charge on any atom is -0.321 e. The highest BCUT2D eigenvalue weighted by molar-refractivity contribution is 5.53. The van der Waals surface area contributed by atoms with Crippen molar-refractivity contribution in [2.45, 2.75) is 53.2 Å². The van der Waals surface area contributed by atoms with E-state index in [1.165, 1.54) is 11.8 Å². The van der Waals surface area contributed by atoms with Crippen molar-refractivity contribution in [1.29, 1.82) is 0 Å². The summed E-state index contributed by atoms with van der Waals surface area (Å²) in [6.45, 7) is 11.4. The minimum atomic E-state index is -0.0884. The highest BCUT2D eigenvalue weighted by Crippen LogP contribution is 2.20. The molecule has 3 heterocycles. The molecule has 0 amide bonds. The van der Waals surface area contributed by atoms with Crippen LogP contribution in [0.4, 0.5) is 0 Å². The summed E-state index contributed by atoms with van der Waals surface area (Å²) in [5.41, 5.74) is 2.77. The molecule has 5 heteroatoms. The molecule has 5 nitrogen and oxygen atoms in total. The SMILES string of the molecule is CC.CC(C)N1CCCn2nc(-c3cccc(=O)[nH]3)cc2C1. The van der Waals surface area contributed by atoms with Gasteiger partial charge >= 0.3 is 0 Å². The predicted molar refractivity (Wildman–Crippen MR) is 89.8 cm³/mol. The van der Waals surface area contributed by atoms with Crippen LogP contribution in [0.2, 0.25) is 0 Å². The van der Waals surface area contributed by atoms with Crippen LogP contribution in [0.1, 0.15) is 39.8 Å². The first kappa shape index (κ1) is 16.5. The van der Waals surface area contributed by atoms with E-state index >= 15 is 0 Å². The van der Waals surface area contributed by atoms with Crippen LogP contribution in [0.15, 0.2) is 29.1 Å². The third-order valence-corrected chi connectivity index (χ3v) is 3.82. The van der Waals surface area contributed by atoms with Crippen molar-refractivity contribution < 1.29 is 0 Å². The van der Waals surface area contributed by atoms with Crippen molar-refractivity contribution >= 4 is 0 Å². The molecule has 0 bridgehead atoms. The van der Waals surface area contributed by atoms with Crippen LogP contribution in [0, 0.1) is 0 Å². The number of fused-ring (bicyclic) bond motifs is 1. The fourth-order valence-corrected chi connectivity index (χ4v) is 2.66. The molecule has 2 aromatic rings. The molecule has 0 saturated heterocycles. The number of rotatable bonds is 2. The number of hydrogen-bond donors (Lipinski definition) is 1. The Hall–Kier alpha value is -1.88. The smallest absolute Gasteiger partial charge is 0.248 e. The molecule has 1 aliphatic rings. The second kappa shape index (κ2) is 7.40. The van der Waals surface area contributed by atoms with Gasteiger partial charge in [0.1, 0.15) is 5.69 Å². The zero-order valence-electron chi connectivity index (χ0n) is 14.0. The molecule has 22 heavy (non-hydrogen) atoms. The molecular formula is C17H26N4O. The first-order chi connectivity index (χ1) is 10.6. The first-order valence-electron chi connectivity index (χ1n) is 8.14. The summed E-state index contributed by atoms with van der Waals surface area (Å²) in [7, 11) is 0. The van der Waals surface area contributed by atoms with Crippen molar-refractivity contribution in [3.8, 4) is 11.4 Å². The standard InChI is InChI=1S/C15H20N4O.C2H6/c1-11(2)18-7-4-8-19-12(10-18)9-14(17-19)13-5-3-6-15(20)16-13;1-2/h3,5-6,9,11H,4,7-8,10H2,1-2H3,(H,16,20);1-2H3. The molecule has 0 aromatic carbocycles. The molecule has 0 spiro atoms. The highest BCUT2D eigenvalue weighted by atomic mass is 16.1. The maximum atomic E-state index is 11.4. The Morgan fingerprint density at radius 1 is 1.23 bits per heavy atom. The lowest BCUT2D eigenvalue weighted by Crippen LogP contribution is -2.30. The van der Waals surface area contributed by atoms with Gasteiger partial charge in [-0.3, -0.25) is 14.4 Å². The lowest BCUT2D eigenvalue weighted by Gasteiger charge is -2.23. The molecule has 1 N–H and O–H groups in total. The number of aromatic nitrogens is 3. The van der Waals surface area contributed by atoms with E-state index in [0.717, 1.165) is 37.4 Å². The molecule has 2 aromatic heterocycles. The maximum Gasteiger partial charge on any atom is 0.248 e. The zero-order chi connectivity index (χ0) is 16.1. The van der Waals surface area contributed by atoms with Gasteiger partial charge in [-0.15, -0.1) is 0 Å². The maximum absolute atomic E-state index is 11.4. The minimum absolute atomic E-state index is 0.0884. The van der Waals surface area contributed by atoms with Gasteiger partial charge in [-0.1, -0.05) is 19.9 Å². The number of aryl methyl sites for hydroxylation is 1. The largest absolute Gasteiger partial charge is 0.321 e. The van der Waals surface area contributed by atoms with Crippen molar-refractivity contribution in [1.82, 2.24) is 19.7 Å². The van der Waals surface area contributed by atoms with Gasteiger partial charge in [0.15, 0.2) is 0 Å². The fraction of sp³-hybridized carbons (Fsp3) is 0.529. The van der Waals surface area contributed by atoms with Crippen molar-refractivity contribution in [2.75, 3.05) is 6.54 Å². The van der Waals surface area contributed by atoms with Gasteiger partial charge < -0.3 is 4.98 Å². The van der Waals surface area contributed by atoms with Crippen LogP contribution in [0.3, 0.4) is 0 Å². The monoisotopic (exact) mass is 302 g/mol. The van der Waals surface area contributed by atoms with E-state index in [-0.39, 0.29) is 5.56 Å².